The number of rotatable bonds is 6. The molecule has 0 aromatic heterocycles. The Balaban J connectivity index is 0.00000137. The normalized spacial score (nSPS) is 11.1. The van der Waals surface area contributed by atoms with Crippen molar-refractivity contribution < 1.29 is 19.7 Å². The predicted molar refractivity (Wildman–Crippen MR) is 70.9 cm³/mol. The lowest BCUT2D eigenvalue weighted by Gasteiger charge is -2.05. The summed E-state index contributed by atoms with van der Waals surface area (Å²) in [5.41, 5.74) is 1.11. The number of hydrogen-bond donors (Lipinski definition) is 2. The average molecular weight is 254 g/mol. The van der Waals surface area contributed by atoms with Gasteiger partial charge in [-0.05, 0) is 37.0 Å². The number of carboxylic acid groups (broad SMARTS) is 1. The lowest BCUT2D eigenvalue weighted by molar-refractivity contribution is -0.146. The first-order chi connectivity index (χ1) is 8.63. The van der Waals surface area contributed by atoms with Crippen molar-refractivity contribution in [2.75, 3.05) is 7.11 Å². The molecule has 4 heteroatoms. The number of aryl methyl sites for hydroxylation is 1. The number of aliphatic hydroxyl groups is 1. The average Bonchev–Trinajstić information content (AvgIpc) is 2.41. The van der Waals surface area contributed by atoms with Gasteiger partial charge in [0.2, 0.25) is 0 Å². The standard InChI is InChI=1S/C12H16O4.C2H6/c1-16-10-7-5-9(6-8-10)3-2-4-11(13)12(14)15;1-2/h5-8,11,13H,2-4H2,1H3,(H,14,15);1-2H3. The van der Waals surface area contributed by atoms with E-state index in [1.807, 2.05) is 38.1 Å². The number of carboxylic acids is 1. The number of aliphatic hydroxyl groups excluding tert-OH is 1. The Morgan fingerprint density at radius 2 is 1.83 bits per heavy atom. The molecule has 0 fully saturated rings. The zero-order valence-corrected chi connectivity index (χ0v) is 11.2. The molecule has 0 saturated heterocycles. The van der Waals surface area contributed by atoms with Gasteiger partial charge in [-0.25, -0.2) is 4.79 Å². The molecule has 0 heterocycles. The van der Waals surface area contributed by atoms with Gasteiger partial charge >= 0.3 is 5.97 Å². The molecule has 0 aliphatic carbocycles. The fourth-order valence-corrected chi connectivity index (χ4v) is 1.42. The maximum atomic E-state index is 10.4. The van der Waals surface area contributed by atoms with E-state index in [4.69, 9.17) is 14.9 Å². The second-order valence-corrected chi connectivity index (χ2v) is 3.59. The van der Waals surface area contributed by atoms with Crippen LogP contribution >= 0.6 is 0 Å². The number of hydrogen-bond acceptors (Lipinski definition) is 3. The maximum absolute atomic E-state index is 10.4. The highest BCUT2D eigenvalue weighted by molar-refractivity contribution is 5.71. The Morgan fingerprint density at radius 3 is 2.28 bits per heavy atom. The molecule has 0 aliphatic rings. The van der Waals surface area contributed by atoms with Crippen molar-refractivity contribution >= 4 is 5.97 Å². The third-order valence-corrected chi connectivity index (χ3v) is 2.39. The Hall–Kier alpha value is -1.55. The molecule has 0 radical (unpaired) electrons. The third-order valence-electron chi connectivity index (χ3n) is 2.39. The summed E-state index contributed by atoms with van der Waals surface area (Å²) in [6.07, 6.45) is 0.438. The fraction of sp³-hybridized carbons (Fsp3) is 0.500. The van der Waals surface area contributed by atoms with Crippen LogP contribution in [0, 0.1) is 0 Å². The molecule has 0 saturated carbocycles. The van der Waals surface area contributed by atoms with Crippen LogP contribution in [0.1, 0.15) is 32.3 Å². The zero-order chi connectivity index (χ0) is 14.0. The molecule has 102 valence electrons. The lowest BCUT2D eigenvalue weighted by atomic mass is 10.1. The Morgan fingerprint density at radius 1 is 1.28 bits per heavy atom. The summed E-state index contributed by atoms with van der Waals surface area (Å²) in [5, 5.41) is 17.5. The summed E-state index contributed by atoms with van der Waals surface area (Å²) in [6, 6.07) is 7.60. The van der Waals surface area contributed by atoms with Crippen molar-refractivity contribution in [2.45, 2.75) is 39.2 Å². The quantitative estimate of drug-likeness (QED) is 0.818. The van der Waals surface area contributed by atoms with Crippen LogP contribution in [-0.2, 0) is 11.2 Å². The molecule has 18 heavy (non-hydrogen) atoms. The van der Waals surface area contributed by atoms with Crippen LogP contribution in [0.4, 0.5) is 0 Å². The van der Waals surface area contributed by atoms with Crippen LogP contribution in [0.15, 0.2) is 24.3 Å². The second-order valence-electron chi connectivity index (χ2n) is 3.59. The van der Waals surface area contributed by atoms with Gasteiger partial charge in [0.25, 0.3) is 0 Å². The Bertz CT molecular complexity index is 332. The molecule has 1 rings (SSSR count). The monoisotopic (exact) mass is 254 g/mol. The summed E-state index contributed by atoms with van der Waals surface area (Å²) in [7, 11) is 1.61. The van der Waals surface area contributed by atoms with Crippen molar-refractivity contribution in [1.82, 2.24) is 0 Å². The minimum absolute atomic E-state index is 0.279. The number of methoxy groups -OCH3 is 1. The molecule has 0 aliphatic heterocycles. The van der Waals surface area contributed by atoms with Crippen molar-refractivity contribution in [2.24, 2.45) is 0 Å². The van der Waals surface area contributed by atoms with E-state index in [1.165, 1.54) is 0 Å². The number of ether oxygens (including phenoxy) is 1. The molecule has 1 aromatic rings. The molecular formula is C14H22O4. The van der Waals surface area contributed by atoms with Crippen LogP contribution < -0.4 is 4.74 Å². The first-order valence-electron chi connectivity index (χ1n) is 6.17. The number of benzene rings is 1. The summed E-state index contributed by atoms with van der Waals surface area (Å²) < 4.78 is 5.03. The van der Waals surface area contributed by atoms with Crippen LogP contribution in [0.5, 0.6) is 5.75 Å². The van der Waals surface area contributed by atoms with Crippen LogP contribution in [0.25, 0.3) is 0 Å². The van der Waals surface area contributed by atoms with E-state index in [0.717, 1.165) is 17.7 Å². The summed E-state index contributed by atoms with van der Waals surface area (Å²) in [6.45, 7) is 4.00. The second kappa shape index (κ2) is 9.48. The molecule has 2 N–H and O–H groups in total. The van der Waals surface area contributed by atoms with Gasteiger partial charge in [-0.15, -0.1) is 0 Å². The zero-order valence-electron chi connectivity index (χ0n) is 11.2. The summed E-state index contributed by atoms with van der Waals surface area (Å²) >= 11 is 0. The highest BCUT2D eigenvalue weighted by atomic mass is 16.5. The summed E-state index contributed by atoms with van der Waals surface area (Å²) in [5.74, 6) is -0.357. The highest BCUT2D eigenvalue weighted by Gasteiger charge is 2.11. The molecule has 4 nitrogen and oxygen atoms in total. The van der Waals surface area contributed by atoms with E-state index in [-0.39, 0.29) is 6.42 Å². The van der Waals surface area contributed by atoms with Crippen molar-refractivity contribution in [3.05, 3.63) is 29.8 Å². The fourth-order valence-electron chi connectivity index (χ4n) is 1.42. The van der Waals surface area contributed by atoms with Crippen molar-refractivity contribution in [3.63, 3.8) is 0 Å². The van der Waals surface area contributed by atoms with Crippen LogP contribution in [-0.4, -0.2) is 29.4 Å². The molecule has 1 atom stereocenters. The maximum Gasteiger partial charge on any atom is 0.332 e. The Labute approximate surface area is 108 Å². The van der Waals surface area contributed by atoms with Crippen molar-refractivity contribution in [3.8, 4) is 5.75 Å². The molecule has 0 spiro atoms. The van der Waals surface area contributed by atoms with Gasteiger partial charge in [-0.2, -0.15) is 0 Å². The largest absolute Gasteiger partial charge is 0.497 e. The van der Waals surface area contributed by atoms with Gasteiger partial charge < -0.3 is 14.9 Å². The minimum Gasteiger partial charge on any atom is -0.497 e. The van der Waals surface area contributed by atoms with Gasteiger partial charge in [-0.3, -0.25) is 0 Å². The number of carbonyl (C=O) groups is 1. The van der Waals surface area contributed by atoms with E-state index >= 15 is 0 Å². The molecule has 1 unspecified atom stereocenters. The van der Waals surface area contributed by atoms with Crippen molar-refractivity contribution in [1.29, 1.82) is 0 Å². The highest BCUT2D eigenvalue weighted by Crippen LogP contribution is 2.13. The molecule has 0 bridgehead atoms. The van der Waals surface area contributed by atoms with E-state index < -0.39 is 12.1 Å². The smallest absolute Gasteiger partial charge is 0.332 e. The van der Waals surface area contributed by atoms with Gasteiger partial charge in [0.15, 0.2) is 6.10 Å². The first-order valence-corrected chi connectivity index (χ1v) is 6.17. The summed E-state index contributed by atoms with van der Waals surface area (Å²) in [4.78, 5) is 10.4. The molecule has 0 amide bonds. The lowest BCUT2D eigenvalue weighted by Crippen LogP contribution is -2.19. The topological polar surface area (TPSA) is 66.8 Å². The molecule has 1 aromatic carbocycles. The van der Waals surface area contributed by atoms with E-state index in [9.17, 15) is 4.79 Å². The van der Waals surface area contributed by atoms with Gasteiger partial charge in [0, 0.05) is 0 Å². The third kappa shape index (κ3) is 6.25. The molecular weight excluding hydrogens is 232 g/mol. The van der Waals surface area contributed by atoms with Crippen LogP contribution in [0.2, 0.25) is 0 Å². The van der Waals surface area contributed by atoms with Gasteiger partial charge in [0.05, 0.1) is 7.11 Å². The van der Waals surface area contributed by atoms with Gasteiger partial charge in [-0.1, -0.05) is 26.0 Å². The minimum atomic E-state index is -1.25. The van der Waals surface area contributed by atoms with E-state index in [1.54, 1.807) is 7.11 Å². The van der Waals surface area contributed by atoms with E-state index in [2.05, 4.69) is 0 Å². The predicted octanol–water partition coefficient (Wildman–Crippen LogP) is 2.49. The number of aliphatic carboxylic acids is 1. The Kier molecular flexibility index (Phi) is 8.66. The van der Waals surface area contributed by atoms with E-state index in [0.29, 0.717) is 6.42 Å². The van der Waals surface area contributed by atoms with Gasteiger partial charge in [0.1, 0.15) is 5.75 Å². The SMILES string of the molecule is CC.COc1ccc(CCCC(O)C(=O)O)cc1. The van der Waals surface area contributed by atoms with Crippen LogP contribution in [0.3, 0.4) is 0 Å². The first kappa shape index (κ1) is 16.4.